The van der Waals surface area contributed by atoms with Crippen molar-refractivity contribution in [2.75, 3.05) is 13.1 Å². The van der Waals surface area contributed by atoms with Crippen LogP contribution in [0.1, 0.15) is 36.0 Å². The van der Waals surface area contributed by atoms with Crippen LogP contribution < -0.4 is 10.6 Å². The molecule has 4 heteroatoms. The van der Waals surface area contributed by atoms with E-state index in [0.717, 1.165) is 25.9 Å². The molecule has 20 heavy (non-hydrogen) atoms. The number of aryl methyl sites for hydroxylation is 2. The van der Waals surface area contributed by atoms with Crippen molar-refractivity contribution in [1.82, 2.24) is 10.6 Å². The molecule has 1 aromatic carbocycles. The highest BCUT2D eigenvalue weighted by Crippen LogP contribution is 2.13. The maximum Gasteiger partial charge on any atom is 0.221 e. The van der Waals surface area contributed by atoms with Crippen LogP contribution in [-0.4, -0.2) is 25.0 Å². The van der Waals surface area contributed by atoms with Gasteiger partial charge in [-0.15, -0.1) is 12.4 Å². The number of hydrogen-bond donors (Lipinski definition) is 2. The SMILES string of the molecule is Cc1cccc(C)c1CCNC(=O)CC1CCCN1.Cl. The lowest BCUT2D eigenvalue weighted by molar-refractivity contribution is -0.121. The van der Waals surface area contributed by atoms with Crippen LogP contribution in [0, 0.1) is 13.8 Å². The topological polar surface area (TPSA) is 41.1 Å². The van der Waals surface area contributed by atoms with Gasteiger partial charge < -0.3 is 10.6 Å². The molecule has 1 heterocycles. The Morgan fingerprint density at radius 1 is 1.35 bits per heavy atom. The normalized spacial score (nSPS) is 17.6. The van der Waals surface area contributed by atoms with E-state index in [1.54, 1.807) is 0 Å². The summed E-state index contributed by atoms with van der Waals surface area (Å²) in [6.07, 6.45) is 3.86. The standard InChI is InChI=1S/C16H24N2O.ClH/c1-12-5-3-6-13(2)15(12)8-10-18-16(19)11-14-7-4-9-17-14;/h3,5-6,14,17H,4,7-11H2,1-2H3,(H,18,19);1H. The molecule has 0 saturated carbocycles. The van der Waals surface area contributed by atoms with Gasteiger partial charge in [-0.05, 0) is 56.3 Å². The van der Waals surface area contributed by atoms with Gasteiger partial charge in [-0.25, -0.2) is 0 Å². The van der Waals surface area contributed by atoms with E-state index in [0.29, 0.717) is 12.5 Å². The fraction of sp³-hybridized carbons (Fsp3) is 0.562. The Morgan fingerprint density at radius 3 is 2.65 bits per heavy atom. The van der Waals surface area contributed by atoms with Crippen molar-refractivity contribution in [2.45, 2.75) is 45.6 Å². The number of benzene rings is 1. The number of amides is 1. The van der Waals surface area contributed by atoms with Gasteiger partial charge in [0.1, 0.15) is 0 Å². The van der Waals surface area contributed by atoms with Gasteiger partial charge in [-0.2, -0.15) is 0 Å². The molecule has 3 nitrogen and oxygen atoms in total. The van der Waals surface area contributed by atoms with Gasteiger partial charge in [0.15, 0.2) is 0 Å². The number of carbonyl (C=O) groups is 1. The second kappa shape index (κ2) is 8.28. The van der Waals surface area contributed by atoms with Crippen molar-refractivity contribution in [3.05, 3.63) is 34.9 Å². The summed E-state index contributed by atoms with van der Waals surface area (Å²) in [6.45, 7) is 6.05. The summed E-state index contributed by atoms with van der Waals surface area (Å²) in [4.78, 5) is 11.8. The summed E-state index contributed by atoms with van der Waals surface area (Å²) in [5.74, 6) is 0.172. The van der Waals surface area contributed by atoms with Crippen LogP contribution in [-0.2, 0) is 11.2 Å². The van der Waals surface area contributed by atoms with Crippen LogP contribution in [0.15, 0.2) is 18.2 Å². The Kier molecular flexibility index (Phi) is 7.03. The van der Waals surface area contributed by atoms with Gasteiger partial charge in [-0.3, -0.25) is 4.79 Å². The minimum Gasteiger partial charge on any atom is -0.356 e. The van der Waals surface area contributed by atoms with Crippen LogP contribution in [0.2, 0.25) is 0 Å². The first-order chi connectivity index (χ1) is 9.16. The molecule has 0 aromatic heterocycles. The minimum atomic E-state index is 0. The number of nitrogens with one attached hydrogen (secondary N) is 2. The smallest absolute Gasteiger partial charge is 0.221 e. The fourth-order valence-electron chi connectivity index (χ4n) is 2.80. The minimum absolute atomic E-state index is 0. The third kappa shape index (κ3) is 4.80. The van der Waals surface area contributed by atoms with Crippen molar-refractivity contribution in [3.63, 3.8) is 0 Å². The number of carbonyl (C=O) groups excluding carboxylic acids is 1. The Labute approximate surface area is 127 Å². The van der Waals surface area contributed by atoms with E-state index < -0.39 is 0 Å². The molecule has 2 rings (SSSR count). The molecule has 1 amide bonds. The Balaban J connectivity index is 0.00000200. The van der Waals surface area contributed by atoms with E-state index in [2.05, 4.69) is 42.7 Å². The second-order valence-corrected chi connectivity index (χ2v) is 5.47. The van der Waals surface area contributed by atoms with Crippen molar-refractivity contribution >= 4 is 18.3 Å². The largest absolute Gasteiger partial charge is 0.356 e. The quantitative estimate of drug-likeness (QED) is 0.877. The predicted octanol–water partition coefficient (Wildman–Crippen LogP) is 2.53. The molecule has 0 aliphatic carbocycles. The van der Waals surface area contributed by atoms with Crippen LogP contribution in [0.5, 0.6) is 0 Å². The molecule has 1 aliphatic heterocycles. The summed E-state index contributed by atoms with van der Waals surface area (Å²) in [6, 6.07) is 6.73. The lowest BCUT2D eigenvalue weighted by Crippen LogP contribution is -2.33. The van der Waals surface area contributed by atoms with Gasteiger partial charge in [0, 0.05) is 19.0 Å². The zero-order chi connectivity index (χ0) is 13.7. The monoisotopic (exact) mass is 296 g/mol. The molecular weight excluding hydrogens is 272 g/mol. The molecule has 0 bridgehead atoms. The third-order valence-electron chi connectivity index (χ3n) is 3.94. The van der Waals surface area contributed by atoms with Crippen molar-refractivity contribution in [3.8, 4) is 0 Å². The van der Waals surface area contributed by atoms with Gasteiger partial charge in [0.25, 0.3) is 0 Å². The molecular formula is C16H25ClN2O. The molecule has 1 fully saturated rings. The maximum atomic E-state index is 11.8. The highest BCUT2D eigenvalue weighted by Gasteiger charge is 2.17. The van der Waals surface area contributed by atoms with Crippen LogP contribution in [0.3, 0.4) is 0 Å². The van der Waals surface area contributed by atoms with Crippen LogP contribution in [0.25, 0.3) is 0 Å². The molecule has 1 aromatic rings. The van der Waals surface area contributed by atoms with E-state index in [1.165, 1.54) is 23.1 Å². The van der Waals surface area contributed by atoms with Gasteiger partial charge >= 0.3 is 0 Å². The third-order valence-corrected chi connectivity index (χ3v) is 3.94. The number of rotatable bonds is 5. The van der Waals surface area contributed by atoms with E-state index >= 15 is 0 Å². The Morgan fingerprint density at radius 2 is 2.05 bits per heavy atom. The molecule has 0 radical (unpaired) electrons. The fourth-order valence-corrected chi connectivity index (χ4v) is 2.80. The van der Waals surface area contributed by atoms with Crippen LogP contribution >= 0.6 is 12.4 Å². The first-order valence-corrected chi connectivity index (χ1v) is 7.22. The molecule has 2 N–H and O–H groups in total. The Bertz CT molecular complexity index is 422. The molecule has 0 spiro atoms. The number of halogens is 1. The van der Waals surface area contributed by atoms with E-state index in [9.17, 15) is 4.79 Å². The zero-order valence-electron chi connectivity index (χ0n) is 12.4. The predicted molar refractivity (Wildman–Crippen MR) is 85.5 cm³/mol. The first-order valence-electron chi connectivity index (χ1n) is 7.22. The molecule has 1 saturated heterocycles. The molecule has 1 atom stereocenters. The van der Waals surface area contributed by atoms with Crippen molar-refractivity contribution in [1.29, 1.82) is 0 Å². The maximum absolute atomic E-state index is 11.8. The summed E-state index contributed by atoms with van der Waals surface area (Å²) in [5.41, 5.74) is 3.99. The zero-order valence-corrected chi connectivity index (χ0v) is 13.2. The highest BCUT2D eigenvalue weighted by molar-refractivity contribution is 5.85. The van der Waals surface area contributed by atoms with Gasteiger partial charge in [0.05, 0.1) is 0 Å². The first kappa shape index (κ1) is 17.0. The van der Waals surface area contributed by atoms with E-state index in [1.807, 2.05) is 0 Å². The number of hydrogen-bond acceptors (Lipinski definition) is 2. The summed E-state index contributed by atoms with van der Waals surface area (Å²) >= 11 is 0. The van der Waals surface area contributed by atoms with Crippen molar-refractivity contribution < 1.29 is 4.79 Å². The lowest BCUT2D eigenvalue weighted by Gasteiger charge is -2.12. The van der Waals surface area contributed by atoms with Crippen molar-refractivity contribution in [2.24, 2.45) is 0 Å². The summed E-state index contributed by atoms with van der Waals surface area (Å²) < 4.78 is 0. The molecule has 1 unspecified atom stereocenters. The summed E-state index contributed by atoms with van der Waals surface area (Å²) in [7, 11) is 0. The van der Waals surface area contributed by atoms with E-state index in [-0.39, 0.29) is 18.3 Å². The lowest BCUT2D eigenvalue weighted by atomic mass is 10.0. The average Bonchev–Trinajstić information content (AvgIpc) is 2.85. The average molecular weight is 297 g/mol. The second-order valence-electron chi connectivity index (χ2n) is 5.47. The van der Waals surface area contributed by atoms with E-state index in [4.69, 9.17) is 0 Å². The molecule has 1 aliphatic rings. The summed E-state index contributed by atoms with van der Waals surface area (Å²) in [5, 5.41) is 6.39. The van der Waals surface area contributed by atoms with Gasteiger partial charge in [-0.1, -0.05) is 18.2 Å². The van der Waals surface area contributed by atoms with Crippen LogP contribution in [0.4, 0.5) is 0 Å². The Hall–Kier alpha value is -1.06. The highest BCUT2D eigenvalue weighted by atomic mass is 35.5. The molecule has 112 valence electrons. The van der Waals surface area contributed by atoms with Gasteiger partial charge in [0.2, 0.25) is 5.91 Å².